The van der Waals surface area contributed by atoms with E-state index in [9.17, 15) is 13.2 Å². The van der Waals surface area contributed by atoms with Crippen molar-refractivity contribution >= 4 is 27.1 Å². The summed E-state index contributed by atoms with van der Waals surface area (Å²) in [6.07, 6.45) is 4.44. The molecule has 1 N–H and O–H groups in total. The van der Waals surface area contributed by atoms with Gasteiger partial charge in [-0.05, 0) is 37.3 Å². The summed E-state index contributed by atoms with van der Waals surface area (Å²) in [7, 11) is -3.26. The van der Waals surface area contributed by atoms with E-state index in [1.54, 1.807) is 37.5 Å². The van der Waals surface area contributed by atoms with Crippen molar-refractivity contribution < 1.29 is 13.2 Å². The monoisotopic (exact) mass is 330 g/mol. The third-order valence-corrected chi connectivity index (χ3v) is 4.47. The molecular formula is C15H14N4O3S. The van der Waals surface area contributed by atoms with Crippen LogP contribution in [0.1, 0.15) is 16.1 Å². The lowest BCUT2D eigenvalue weighted by Gasteiger charge is -2.05. The molecule has 23 heavy (non-hydrogen) atoms. The molecule has 1 aromatic carbocycles. The highest BCUT2D eigenvalue weighted by molar-refractivity contribution is 7.90. The zero-order valence-electron chi connectivity index (χ0n) is 12.5. The first-order valence-corrected chi connectivity index (χ1v) is 8.67. The Bertz CT molecular complexity index is 991. The van der Waals surface area contributed by atoms with Crippen molar-refractivity contribution in [1.29, 1.82) is 0 Å². The highest BCUT2D eigenvalue weighted by atomic mass is 32.2. The molecule has 118 valence electrons. The average molecular weight is 330 g/mol. The Kier molecular flexibility index (Phi) is 3.61. The molecule has 0 spiro atoms. The minimum absolute atomic E-state index is 0.198. The first-order valence-electron chi connectivity index (χ1n) is 6.78. The van der Waals surface area contributed by atoms with E-state index in [2.05, 4.69) is 15.4 Å². The Hall–Kier alpha value is -2.74. The summed E-state index contributed by atoms with van der Waals surface area (Å²) in [6, 6.07) is 7.72. The molecular weight excluding hydrogens is 316 g/mol. The smallest absolute Gasteiger partial charge is 0.261 e. The van der Waals surface area contributed by atoms with Crippen LogP contribution in [0.15, 0.2) is 47.6 Å². The first-order chi connectivity index (χ1) is 10.9. The number of nitrogens with one attached hydrogen (secondary N) is 1. The van der Waals surface area contributed by atoms with Crippen LogP contribution in [0.3, 0.4) is 0 Å². The predicted octanol–water partition coefficient (Wildman–Crippen LogP) is 1.69. The fourth-order valence-corrected chi connectivity index (χ4v) is 2.87. The van der Waals surface area contributed by atoms with Gasteiger partial charge in [-0.2, -0.15) is 5.10 Å². The van der Waals surface area contributed by atoms with Gasteiger partial charge < -0.3 is 5.32 Å². The molecule has 0 aliphatic rings. The molecule has 2 aromatic heterocycles. The van der Waals surface area contributed by atoms with Gasteiger partial charge in [-0.3, -0.25) is 4.79 Å². The van der Waals surface area contributed by atoms with E-state index in [1.807, 2.05) is 0 Å². The first kappa shape index (κ1) is 15.2. The Morgan fingerprint density at radius 2 is 1.91 bits per heavy atom. The molecule has 0 radical (unpaired) electrons. The number of nitrogens with zero attached hydrogens (tertiary/aromatic N) is 3. The number of rotatable bonds is 3. The summed E-state index contributed by atoms with van der Waals surface area (Å²) in [6.45, 7) is 1.73. The predicted molar refractivity (Wildman–Crippen MR) is 85.2 cm³/mol. The summed E-state index contributed by atoms with van der Waals surface area (Å²) in [5, 5.41) is 6.97. The third-order valence-electron chi connectivity index (χ3n) is 3.34. The average Bonchev–Trinajstić information content (AvgIpc) is 2.82. The number of benzene rings is 1. The number of hydrogen-bond acceptors (Lipinski definition) is 5. The topological polar surface area (TPSA) is 93.4 Å². The minimum atomic E-state index is -3.26. The number of amides is 1. The number of fused-ring (bicyclic) bond motifs is 1. The van der Waals surface area contributed by atoms with Crippen LogP contribution in [0.25, 0.3) is 5.65 Å². The van der Waals surface area contributed by atoms with Gasteiger partial charge in [0.25, 0.3) is 5.91 Å². The van der Waals surface area contributed by atoms with E-state index >= 15 is 0 Å². The summed E-state index contributed by atoms with van der Waals surface area (Å²) in [5.74, 6) is -0.344. The van der Waals surface area contributed by atoms with Gasteiger partial charge in [0, 0.05) is 24.3 Å². The molecule has 0 saturated heterocycles. The molecule has 0 unspecified atom stereocenters. The summed E-state index contributed by atoms with van der Waals surface area (Å²) in [4.78, 5) is 16.8. The van der Waals surface area contributed by atoms with Crippen LogP contribution in [-0.2, 0) is 9.84 Å². The van der Waals surface area contributed by atoms with Gasteiger partial charge >= 0.3 is 0 Å². The molecule has 0 saturated carbocycles. The lowest BCUT2D eigenvalue weighted by atomic mass is 10.2. The van der Waals surface area contributed by atoms with E-state index < -0.39 is 9.84 Å². The van der Waals surface area contributed by atoms with Crippen molar-refractivity contribution in [3.05, 3.63) is 54.0 Å². The molecule has 0 aliphatic heterocycles. The third kappa shape index (κ3) is 2.93. The quantitative estimate of drug-likeness (QED) is 0.789. The van der Waals surface area contributed by atoms with E-state index in [-0.39, 0.29) is 10.8 Å². The number of sulfone groups is 1. The summed E-state index contributed by atoms with van der Waals surface area (Å²) in [5.41, 5.74) is 1.92. The molecule has 1 amide bonds. The Morgan fingerprint density at radius 3 is 2.57 bits per heavy atom. The summed E-state index contributed by atoms with van der Waals surface area (Å²) < 4.78 is 24.4. The highest BCUT2D eigenvalue weighted by Crippen LogP contribution is 2.17. The Balaban J connectivity index is 1.91. The van der Waals surface area contributed by atoms with Gasteiger partial charge in [-0.25, -0.2) is 17.9 Å². The van der Waals surface area contributed by atoms with Crippen LogP contribution in [0.2, 0.25) is 0 Å². The highest BCUT2D eigenvalue weighted by Gasteiger charge is 2.18. The number of hydrogen-bond donors (Lipinski definition) is 1. The minimum Gasteiger partial charge on any atom is -0.322 e. The van der Waals surface area contributed by atoms with Crippen molar-refractivity contribution in [2.24, 2.45) is 0 Å². The normalized spacial score (nSPS) is 11.6. The molecule has 2 heterocycles. The van der Waals surface area contributed by atoms with Crippen molar-refractivity contribution in [3.8, 4) is 0 Å². The van der Waals surface area contributed by atoms with Crippen LogP contribution in [0, 0.1) is 6.92 Å². The van der Waals surface area contributed by atoms with Gasteiger partial charge in [0.2, 0.25) is 0 Å². The van der Waals surface area contributed by atoms with Gasteiger partial charge in [0.15, 0.2) is 15.5 Å². The van der Waals surface area contributed by atoms with Gasteiger partial charge in [-0.1, -0.05) is 0 Å². The van der Waals surface area contributed by atoms with Crippen LogP contribution in [-0.4, -0.2) is 35.2 Å². The van der Waals surface area contributed by atoms with Gasteiger partial charge in [0.05, 0.1) is 10.6 Å². The zero-order valence-corrected chi connectivity index (χ0v) is 13.3. The number of carbonyl (C=O) groups is 1. The summed E-state index contributed by atoms with van der Waals surface area (Å²) >= 11 is 0. The Morgan fingerprint density at radius 1 is 1.22 bits per heavy atom. The second-order valence-corrected chi connectivity index (χ2v) is 7.11. The fraction of sp³-hybridized carbons (Fsp3) is 0.133. The number of carbonyl (C=O) groups excluding carboxylic acids is 1. The molecule has 7 nitrogen and oxygen atoms in total. The second-order valence-electron chi connectivity index (χ2n) is 5.10. The molecule has 0 bridgehead atoms. The largest absolute Gasteiger partial charge is 0.322 e. The maximum Gasteiger partial charge on any atom is 0.261 e. The van der Waals surface area contributed by atoms with Crippen molar-refractivity contribution in [3.63, 3.8) is 0 Å². The van der Waals surface area contributed by atoms with E-state index in [0.29, 0.717) is 22.6 Å². The maximum absolute atomic E-state index is 12.5. The van der Waals surface area contributed by atoms with Gasteiger partial charge in [-0.15, -0.1) is 0 Å². The van der Waals surface area contributed by atoms with Crippen LogP contribution in [0.5, 0.6) is 0 Å². The second kappa shape index (κ2) is 5.47. The zero-order chi connectivity index (χ0) is 16.6. The SMILES string of the molecule is Cc1nn2cccnc2c1C(=O)Nc1ccc(S(C)(=O)=O)cc1. The van der Waals surface area contributed by atoms with Crippen LogP contribution in [0.4, 0.5) is 5.69 Å². The van der Waals surface area contributed by atoms with Crippen molar-refractivity contribution in [2.45, 2.75) is 11.8 Å². The fourth-order valence-electron chi connectivity index (χ4n) is 2.24. The van der Waals surface area contributed by atoms with E-state index in [1.165, 1.54) is 16.6 Å². The van der Waals surface area contributed by atoms with Gasteiger partial charge in [0.1, 0.15) is 5.56 Å². The van der Waals surface area contributed by atoms with Crippen molar-refractivity contribution in [1.82, 2.24) is 14.6 Å². The molecule has 8 heteroatoms. The Labute approximate surface area is 132 Å². The standard InChI is InChI=1S/C15H14N4O3S/c1-10-13(14-16-8-3-9-19(14)18-10)15(20)17-11-4-6-12(7-5-11)23(2,21)22/h3-9H,1-2H3,(H,17,20). The molecule has 3 rings (SSSR count). The number of anilines is 1. The molecule has 0 atom stereocenters. The number of aryl methyl sites for hydroxylation is 1. The molecule has 0 fully saturated rings. The lowest BCUT2D eigenvalue weighted by Crippen LogP contribution is -2.13. The molecule has 0 aliphatic carbocycles. The van der Waals surface area contributed by atoms with Crippen LogP contribution < -0.4 is 5.32 Å². The van der Waals surface area contributed by atoms with Crippen LogP contribution >= 0.6 is 0 Å². The molecule has 3 aromatic rings. The van der Waals surface area contributed by atoms with E-state index in [0.717, 1.165) is 6.26 Å². The van der Waals surface area contributed by atoms with Crippen molar-refractivity contribution in [2.75, 3.05) is 11.6 Å². The number of aromatic nitrogens is 3. The van der Waals surface area contributed by atoms with E-state index in [4.69, 9.17) is 0 Å². The lowest BCUT2D eigenvalue weighted by molar-refractivity contribution is 0.102. The maximum atomic E-state index is 12.5.